The highest BCUT2D eigenvalue weighted by Gasteiger charge is 2.47. The van der Waals surface area contributed by atoms with Crippen LogP contribution in [0, 0.1) is 6.08 Å². The van der Waals surface area contributed by atoms with E-state index in [-0.39, 0.29) is 11.3 Å². The number of carbonyl (C=O) groups excluding carboxylic acids is 1. The fraction of sp³-hybridized carbons (Fsp3) is 0.476. The van der Waals surface area contributed by atoms with Gasteiger partial charge in [-0.25, -0.2) is 0 Å². The number of anilines is 2. The van der Waals surface area contributed by atoms with Crippen molar-refractivity contribution in [3.63, 3.8) is 0 Å². The summed E-state index contributed by atoms with van der Waals surface area (Å²) in [6.07, 6.45) is 9.96. The Morgan fingerprint density at radius 3 is 2.59 bits per heavy atom. The second-order valence-electron chi connectivity index (χ2n) is 7.16. The topological polar surface area (TPSA) is 60.0 Å². The summed E-state index contributed by atoms with van der Waals surface area (Å²) < 4.78 is 17.1. The smallest absolute Gasteiger partial charge is 0.343 e. The zero-order chi connectivity index (χ0) is 19.2. The van der Waals surface area contributed by atoms with E-state index in [0.29, 0.717) is 6.54 Å². The number of benzene rings is 1. The van der Waals surface area contributed by atoms with Gasteiger partial charge in [-0.2, -0.15) is 0 Å². The number of amides is 1. The number of rotatable bonds is 3. The van der Waals surface area contributed by atoms with Crippen LogP contribution in [0.1, 0.15) is 30.9 Å². The minimum Gasteiger partial charge on any atom is -0.496 e. The molecule has 0 fully saturated rings. The molecule has 4 rings (SSSR count). The molecule has 2 heterocycles. The number of fused-ring (bicyclic) bond motifs is 3. The van der Waals surface area contributed by atoms with Crippen LogP contribution in [-0.2, 0) is 21.4 Å². The van der Waals surface area contributed by atoms with Crippen molar-refractivity contribution in [3.8, 4) is 11.5 Å². The number of nitrogens with one attached hydrogen (secondary N) is 1. The first-order valence-electron chi connectivity index (χ1n) is 9.24. The highest BCUT2D eigenvalue weighted by molar-refractivity contribution is 5.99. The number of methoxy groups -OCH3 is 3. The molecule has 27 heavy (non-hydrogen) atoms. The SMILES string of the molecule is COC1=CC[C@@]2(C=[C+]1)CCNc1c(OC)c3c(c(OC)c12)CCN3C(C)=O. The molecule has 1 amide bonds. The van der Waals surface area contributed by atoms with Gasteiger partial charge in [-0.05, 0) is 12.8 Å². The predicted octanol–water partition coefficient (Wildman–Crippen LogP) is 2.96. The Kier molecular flexibility index (Phi) is 4.23. The van der Waals surface area contributed by atoms with E-state index in [2.05, 4.69) is 23.5 Å². The van der Waals surface area contributed by atoms with E-state index in [0.717, 1.165) is 65.6 Å². The highest BCUT2D eigenvalue weighted by Crippen LogP contribution is 2.57. The molecule has 3 aliphatic rings. The molecule has 0 aromatic heterocycles. The van der Waals surface area contributed by atoms with E-state index >= 15 is 0 Å². The molecule has 0 saturated carbocycles. The van der Waals surface area contributed by atoms with Crippen molar-refractivity contribution in [1.82, 2.24) is 0 Å². The van der Waals surface area contributed by atoms with Gasteiger partial charge in [0, 0.05) is 31.1 Å². The minimum absolute atomic E-state index is 0.0122. The average molecular weight is 369 g/mol. The van der Waals surface area contributed by atoms with E-state index in [1.165, 1.54) is 0 Å². The highest BCUT2D eigenvalue weighted by atomic mass is 16.5. The Morgan fingerprint density at radius 1 is 1.22 bits per heavy atom. The largest absolute Gasteiger partial charge is 0.496 e. The summed E-state index contributed by atoms with van der Waals surface area (Å²) in [7, 11) is 5.02. The average Bonchev–Trinajstić information content (AvgIpc) is 3.12. The third kappa shape index (κ3) is 2.47. The lowest BCUT2D eigenvalue weighted by molar-refractivity contribution is -0.116. The van der Waals surface area contributed by atoms with Crippen LogP contribution in [0.4, 0.5) is 11.4 Å². The molecule has 1 aliphatic carbocycles. The summed E-state index contributed by atoms with van der Waals surface area (Å²) in [5.41, 5.74) is 3.67. The van der Waals surface area contributed by atoms with Crippen molar-refractivity contribution in [3.05, 3.63) is 35.1 Å². The second kappa shape index (κ2) is 6.46. The number of hydrogen-bond donors (Lipinski definition) is 1. The van der Waals surface area contributed by atoms with Gasteiger partial charge >= 0.3 is 5.76 Å². The van der Waals surface area contributed by atoms with Crippen LogP contribution < -0.4 is 19.7 Å². The summed E-state index contributed by atoms with van der Waals surface area (Å²) in [6, 6.07) is 0. The summed E-state index contributed by atoms with van der Waals surface area (Å²) in [5, 5.41) is 3.50. The third-order valence-corrected chi connectivity index (χ3v) is 5.86. The van der Waals surface area contributed by atoms with Crippen LogP contribution in [0.25, 0.3) is 0 Å². The van der Waals surface area contributed by atoms with Gasteiger partial charge in [-0.3, -0.25) is 4.79 Å². The summed E-state index contributed by atoms with van der Waals surface area (Å²) in [6.45, 7) is 3.04. The van der Waals surface area contributed by atoms with Crippen molar-refractivity contribution in [2.75, 3.05) is 44.6 Å². The first-order valence-corrected chi connectivity index (χ1v) is 9.24. The Hall–Kier alpha value is -2.72. The van der Waals surface area contributed by atoms with Gasteiger partial charge in [0.15, 0.2) is 5.75 Å². The van der Waals surface area contributed by atoms with Crippen molar-refractivity contribution in [2.24, 2.45) is 0 Å². The van der Waals surface area contributed by atoms with Gasteiger partial charge in [-0.1, -0.05) is 0 Å². The number of hydrogen-bond acceptors (Lipinski definition) is 5. The molecule has 0 bridgehead atoms. The van der Waals surface area contributed by atoms with E-state index < -0.39 is 0 Å². The Balaban J connectivity index is 1.97. The number of carbonyl (C=O) groups is 1. The Labute approximate surface area is 159 Å². The van der Waals surface area contributed by atoms with Crippen LogP contribution in [0.2, 0.25) is 0 Å². The molecule has 0 saturated heterocycles. The zero-order valence-corrected chi connectivity index (χ0v) is 16.3. The molecule has 2 aliphatic heterocycles. The summed E-state index contributed by atoms with van der Waals surface area (Å²) in [4.78, 5) is 14.0. The predicted molar refractivity (Wildman–Crippen MR) is 104 cm³/mol. The van der Waals surface area contributed by atoms with Crippen molar-refractivity contribution in [2.45, 2.75) is 31.6 Å². The first kappa shape index (κ1) is 17.7. The van der Waals surface area contributed by atoms with Crippen LogP contribution >= 0.6 is 0 Å². The van der Waals surface area contributed by atoms with Gasteiger partial charge in [0.1, 0.15) is 11.8 Å². The Morgan fingerprint density at radius 2 is 2.00 bits per heavy atom. The van der Waals surface area contributed by atoms with E-state index in [1.54, 1.807) is 33.2 Å². The number of nitrogens with zero attached hydrogens (tertiary/aromatic N) is 1. The van der Waals surface area contributed by atoms with Crippen molar-refractivity contribution in [1.29, 1.82) is 0 Å². The maximum atomic E-state index is 12.2. The molecule has 1 N–H and O–H groups in total. The maximum absolute atomic E-state index is 12.2. The van der Waals surface area contributed by atoms with Crippen LogP contribution in [-0.4, -0.2) is 40.3 Å². The quantitative estimate of drug-likeness (QED) is 0.830. The molecule has 0 unspecified atom stereocenters. The first-order chi connectivity index (χ1) is 13.1. The van der Waals surface area contributed by atoms with Crippen molar-refractivity contribution >= 4 is 17.3 Å². The maximum Gasteiger partial charge on any atom is 0.343 e. The summed E-state index contributed by atoms with van der Waals surface area (Å²) >= 11 is 0. The van der Waals surface area contributed by atoms with E-state index in [1.807, 2.05) is 0 Å². The fourth-order valence-electron chi connectivity index (χ4n) is 4.60. The number of ether oxygens (including phenoxy) is 3. The molecule has 1 aromatic rings. The standard InChI is InChI=1S/C21H25N2O4/c1-13(24)23-12-7-15-18(23)20(27-4)17-16(19(15)26-3)21(10-11-22-17)8-5-14(25-2)6-9-21/h5,9,22H,7-8,10-12H2,1-4H3/q+1/t21-/m1/s1. The van der Waals surface area contributed by atoms with Gasteiger partial charge in [0.25, 0.3) is 0 Å². The van der Waals surface area contributed by atoms with Gasteiger partial charge < -0.3 is 24.4 Å². The lowest BCUT2D eigenvalue weighted by Crippen LogP contribution is -2.35. The molecule has 6 nitrogen and oxygen atoms in total. The molecule has 1 atom stereocenters. The van der Waals surface area contributed by atoms with E-state index in [9.17, 15) is 4.79 Å². The van der Waals surface area contributed by atoms with Crippen molar-refractivity contribution < 1.29 is 19.0 Å². The fourth-order valence-corrected chi connectivity index (χ4v) is 4.60. The van der Waals surface area contributed by atoms with Crippen LogP contribution in [0.15, 0.2) is 17.9 Å². The minimum atomic E-state index is -0.222. The third-order valence-electron chi connectivity index (χ3n) is 5.86. The monoisotopic (exact) mass is 369 g/mol. The molecule has 142 valence electrons. The number of allylic oxidation sites excluding steroid dienone is 3. The summed E-state index contributed by atoms with van der Waals surface area (Å²) in [5.74, 6) is 2.35. The van der Waals surface area contributed by atoms with Crippen LogP contribution in [0.3, 0.4) is 0 Å². The second-order valence-corrected chi connectivity index (χ2v) is 7.16. The van der Waals surface area contributed by atoms with Gasteiger partial charge in [0.05, 0.1) is 56.7 Å². The van der Waals surface area contributed by atoms with Gasteiger partial charge in [0.2, 0.25) is 5.91 Å². The molecule has 6 heteroatoms. The molecule has 0 radical (unpaired) electrons. The normalized spacial score (nSPS) is 22.4. The van der Waals surface area contributed by atoms with Crippen LogP contribution in [0.5, 0.6) is 11.5 Å². The van der Waals surface area contributed by atoms with E-state index in [4.69, 9.17) is 14.2 Å². The molecule has 1 spiro atoms. The molecular formula is C21H25N2O4+. The zero-order valence-electron chi connectivity index (χ0n) is 16.3. The molecule has 1 aromatic carbocycles. The lowest BCUT2D eigenvalue weighted by atomic mass is 9.69. The van der Waals surface area contributed by atoms with Gasteiger partial charge in [-0.15, -0.1) is 0 Å². The lowest BCUT2D eigenvalue weighted by Gasteiger charge is -2.38. The Bertz CT molecular complexity index is 858. The molecular weight excluding hydrogens is 344 g/mol.